The predicted octanol–water partition coefficient (Wildman–Crippen LogP) is 2.54. The summed E-state index contributed by atoms with van der Waals surface area (Å²) in [5, 5.41) is 0. The molecule has 1 saturated carbocycles. The molecule has 2 unspecified atom stereocenters. The third-order valence-corrected chi connectivity index (χ3v) is 3.68. The average molecular weight is 233 g/mol. The van der Waals surface area contributed by atoms with Gasteiger partial charge in [0, 0.05) is 13.2 Å². The van der Waals surface area contributed by atoms with Crippen LogP contribution in [0.1, 0.15) is 30.9 Å². The van der Waals surface area contributed by atoms with Gasteiger partial charge in [-0.15, -0.1) is 0 Å². The Kier molecular flexibility index (Phi) is 4.19. The molecule has 2 nitrogen and oxygen atoms in total. The van der Waals surface area contributed by atoms with E-state index in [0.29, 0.717) is 5.92 Å². The van der Waals surface area contributed by atoms with Crippen molar-refractivity contribution in [3.8, 4) is 0 Å². The van der Waals surface area contributed by atoms with Crippen molar-refractivity contribution < 1.29 is 4.74 Å². The average Bonchev–Trinajstić information content (AvgIpc) is 3.15. The van der Waals surface area contributed by atoms with E-state index in [0.717, 1.165) is 12.8 Å². The third-order valence-electron chi connectivity index (χ3n) is 3.68. The number of ether oxygens (including phenoxy) is 1. The lowest BCUT2D eigenvalue weighted by molar-refractivity contribution is 0.0627. The van der Waals surface area contributed by atoms with Crippen molar-refractivity contribution in [2.45, 2.75) is 44.8 Å². The van der Waals surface area contributed by atoms with Crippen LogP contribution in [0.5, 0.6) is 0 Å². The molecule has 1 fully saturated rings. The number of methoxy groups -OCH3 is 1. The van der Waals surface area contributed by atoms with Crippen LogP contribution >= 0.6 is 0 Å². The van der Waals surface area contributed by atoms with Crippen LogP contribution in [0.2, 0.25) is 0 Å². The van der Waals surface area contributed by atoms with Crippen LogP contribution in [0.4, 0.5) is 0 Å². The second kappa shape index (κ2) is 5.65. The predicted molar refractivity (Wildman–Crippen MR) is 71.0 cm³/mol. The lowest BCUT2D eigenvalue weighted by Gasteiger charge is -2.22. The van der Waals surface area contributed by atoms with E-state index in [1.54, 1.807) is 7.11 Å². The Bertz CT molecular complexity index is 342. The molecule has 0 heterocycles. The highest BCUT2D eigenvalue weighted by Crippen LogP contribution is 2.35. The lowest BCUT2D eigenvalue weighted by atomic mass is 9.98. The molecule has 1 aromatic carbocycles. The van der Waals surface area contributed by atoms with E-state index >= 15 is 0 Å². The molecule has 0 amide bonds. The lowest BCUT2D eigenvalue weighted by Crippen LogP contribution is -2.39. The van der Waals surface area contributed by atoms with Gasteiger partial charge in [-0.05, 0) is 42.7 Å². The van der Waals surface area contributed by atoms with E-state index in [1.807, 2.05) is 0 Å². The zero-order valence-corrected chi connectivity index (χ0v) is 10.9. The third kappa shape index (κ3) is 3.30. The molecule has 2 heteroatoms. The number of rotatable bonds is 6. The maximum atomic E-state index is 6.25. The first kappa shape index (κ1) is 12.6. The van der Waals surface area contributed by atoms with Gasteiger partial charge in [-0.1, -0.05) is 31.2 Å². The molecule has 1 aliphatic carbocycles. The molecule has 2 rings (SSSR count). The quantitative estimate of drug-likeness (QED) is 0.819. The zero-order valence-electron chi connectivity index (χ0n) is 10.9. The second-order valence-electron chi connectivity index (χ2n) is 5.08. The summed E-state index contributed by atoms with van der Waals surface area (Å²) >= 11 is 0. The van der Waals surface area contributed by atoms with Crippen molar-refractivity contribution >= 4 is 0 Å². The molecule has 0 aromatic heterocycles. The van der Waals surface area contributed by atoms with Crippen molar-refractivity contribution in [2.75, 3.05) is 7.11 Å². The molecule has 0 spiro atoms. The SMILES string of the molecule is CCc1ccc(CC(N)C(OC)C2CC2)cc1. The Morgan fingerprint density at radius 2 is 1.82 bits per heavy atom. The van der Waals surface area contributed by atoms with Crippen molar-refractivity contribution in [1.29, 1.82) is 0 Å². The fraction of sp³-hybridized carbons (Fsp3) is 0.600. The van der Waals surface area contributed by atoms with Gasteiger partial charge in [-0.2, -0.15) is 0 Å². The molecule has 2 atom stereocenters. The maximum absolute atomic E-state index is 6.25. The fourth-order valence-electron chi connectivity index (χ4n) is 2.44. The van der Waals surface area contributed by atoms with E-state index in [1.165, 1.54) is 24.0 Å². The molecule has 0 bridgehead atoms. The molecule has 2 N–H and O–H groups in total. The Hall–Kier alpha value is -0.860. The molecule has 1 aliphatic rings. The van der Waals surface area contributed by atoms with Crippen LogP contribution in [0, 0.1) is 5.92 Å². The normalized spacial score (nSPS) is 19.0. The highest BCUT2D eigenvalue weighted by atomic mass is 16.5. The van der Waals surface area contributed by atoms with Crippen LogP contribution < -0.4 is 5.73 Å². The van der Waals surface area contributed by atoms with Crippen molar-refractivity contribution in [3.05, 3.63) is 35.4 Å². The van der Waals surface area contributed by atoms with Gasteiger partial charge in [0.2, 0.25) is 0 Å². The maximum Gasteiger partial charge on any atom is 0.0753 e. The summed E-state index contributed by atoms with van der Waals surface area (Å²) in [5.41, 5.74) is 8.95. The summed E-state index contributed by atoms with van der Waals surface area (Å²) in [7, 11) is 1.78. The smallest absolute Gasteiger partial charge is 0.0753 e. The standard InChI is InChI=1S/C15H23NO/c1-3-11-4-6-12(7-5-11)10-14(16)15(17-2)13-8-9-13/h4-7,13-15H,3,8-10,16H2,1-2H3. The second-order valence-corrected chi connectivity index (χ2v) is 5.08. The summed E-state index contributed by atoms with van der Waals surface area (Å²) in [6.45, 7) is 2.18. The van der Waals surface area contributed by atoms with Crippen LogP contribution in [-0.2, 0) is 17.6 Å². The topological polar surface area (TPSA) is 35.2 Å². The van der Waals surface area contributed by atoms with Crippen molar-refractivity contribution in [1.82, 2.24) is 0 Å². The minimum absolute atomic E-state index is 0.125. The monoisotopic (exact) mass is 233 g/mol. The summed E-state index contributed by atoms with van der Waals surface area (Å²) in [4.78, 5) is 0. The van der Waals surface area contributed by atoms with Crippen LogP contribution in [0.3, 0.4) is 0 Å². The van der Waals surface area contributed by atoms with Crippen LogP contribution in [-0.4, -0.2) is 19.3 Å². The van der Waals surface area contributed by atoms with Gasteiger partial charge >= 0.3 is 0 Å². The van der Waals surface area contributed by atoms with E-state index in [4.69, 9.17) is 10.5 Å². The van der Waals surface area contributed by atoms with Crippen molar-refractivity contribution in [2.24, 2.45) is 11.7 Å². The van der Waals surface area contributed by atoms with Gasteiger partial charge in [-0.3, -0.25) is 0 Å². The molecule has 17 heavy (non-hydrogen) atoms. The van der Waals surface area contributed by atoms with E-state index in [-0.39, 0.29) is 12.1 Å². The number of aryl methyl sites for hydroxylation is 1. The minimum Gasteiger partial charge on any atom is -0.380 e. The molecular weight excluding hydrogens is 210 g/mol. The van der Waals surface area contributed by atoms with Gasteiger partial charge in [0.25, 0.3) is 0 Å². The van der Waals surface area contributed by atoms with E-state index in [2.05, 4.69) is 31.2 Å². The largest absolute Gasteiger partial charge is 0.380 e. The Morgan fingerprint density at radius 3 is 2.29 bits per heavy atom. The highest BCUT2D eigenvalue weighted by Gasteiger charge is 2.35. The van der Waals surface area contributed by atoms with Gasteiger partial charge in [0.1, 0.15) is 0 Å². The fourth-order valence-corrected chi connectivity index (χ4v) is 2.44. The van der Waals surface area contributed by atoms with Gasteiger partial charge < -0.3 is 10.5 Å². The summed E-state index contributed by atoms with van der Waals surface area (Å²) in [5.74, 6) is 0.699. The Labute approximate surface area is 104 Å². The Morgan fingerprint density at radius 1 is 1.24 bits per heavy atom. The van der Waals surface area contributed by atoms with E-state index < -0.39 is 0 Å². The summed E-state index contributed by atoms with van der Waals surface area (Å²) in [6, 6.07) is 8.90. The first-order chi connectivity index (χ1) is 8.24. The first-order valence-electron chi connectivity index (χ1n) is 6.60. The number of benzene rings is 1. The van der Waals surface area contributed by atoms with Crippen LogP contribution in [0.15, 0.2) is 24.3 Å². The number of nitrogens with two attached hydrogens (primary N) is 1. The molecule has 1 aromatic rings. The molecule has 0 radical (unpaired) electrons. The number of hydrogen-bond donors (Lipinski definition) is 1. The molecule has 94 valence electrons. The number of hydrogen-bond acceptors (Lipinski definition) is 2. The van der Waals surface area contributed by atoms with E-state index in [9.17, 15) is 0 Å². The highest BCUT2D eigenvalue weighted by molar-refractivity contribution is 5.23. The Balaban J connectivity index is 1.93. The van der Waals surface area contributed by atoms with Crippen LogP contribution in [0.25, 0.3) is 0 Å². The molecular formula is C15H23NO. The van der Waals surface area contributed by atoms with Gasteiger partial charge in [0.15, 0.2) is 0 Å². The molecule has 0 saturated heterocycles. The van der Waals surface area contributed by atoms with Crippen molar-refractivity contribution in [3.63, 3.8) is 0 Å². The molecule has 0 aliphatic heterocycles. The minimum atomic E-state index is 0.125. The van der Waals surface area contributed by atoms with Gasteiger partial charge in [-0.25, -0.2) is 0 Å². The zero-order chi connectivity index (χ0) is 12.3. The summed E-state index contributed by atoms with van der Waals surface area (Å²) in [6.07, 6.45) is 4.80. The summed E-state index contributed by atoms with van der Waals surface area (Å²) < 4.78 is 5.53. The van der Waals surface area contributed by atoms with Gasteiger partial charge in [0.05, 0.1) is 6.10 Å². The first-order valence-corrected chi connectivity index (χ1v) is 6.60.